The second-order valence-corrected chi connectivity index (χ2v) is 3.94. The molecule has 1 unspecified atom stereocenters. The Balaban J connectivity index is 2.34. The van der Waals surface area contributed by atoms with Crippen LogP contribution in [-0.2, 0) is 0 Å². The van der Waals surface area contributed by atoms with Crippen LogP contribution in [0.1, 0.15) is 12.5 Å². The van der Waals surface area contributed by atoms with Crippen molar-refractivity contribution in [3.8, 4) is 11.5 Å². The van der Waals surface area contributed by atoms with Gasteiger partial charge >= 0.3 is 0 Å². The van der Waals surface area contributed by atoms with Crippen molar-refractivity contribution < 1.29 is 9.47 Å². The number of aromatic nitrogens is 1. The van der Waals surface area contributed by atoms with Gasteiger partial charge in [0.1, 0.15) is 5.82 Å². The van der Waals surface area contributed by atoms with Crippen LogP contribution in [0.5, 0.6) is 11.5 Å². The third-order valence-electron chi connectivity index (χ3n) is 2.73. The number of pyridine rings is 1. The van der Waals surface area contributed by atoms with Crippen LogP contribution in [-0.4, -0.2) is 11.3 Å². The van der Waals surface area contributed by atoms with Gasteiger partial charge < -0.3 is 15.2 Å². The maximum atomic E-state index is 5.68. The maximum absolute atomic E-state index is 5.68. The van der Waals surface area contributed by atoms with E-state index in [4.69, 9.17) is 15.2 Å². The molecule has 0 fully saturated rings. The molecule has 2 aromatic rings. The molecule has 0 bridgehead atoms. The summed E-state index contributed by atoms with van der Waals surface area (Å²) in [5.41, 5.74) is 7.53. The standard InChI is InChI=1S/C12H12N2O2/c1-6-11-8(3-4-10(13)14-11)5-9-12(6)16-7(2)15-9/h3-5,7H,1-2H3,(H2,13,14). The fourth-order valence-electron chi connectivity index (χ4n) is 2.00. The molecule has 16 heavy (non-hydrogen) atoms. The second-order valence-electron chi connectivity index (χ2n) is 3.94. The summed E-state index contributed by atoms with van der Waals surface area (Å²) in [7, 11) is 0. The van der Waals surface area contributed by atoms with Crippen molar-refractivity contribution in [3.63, 3.8) is 0 Å². The first-order valence-corrected chi connectivity index (χ1v) is 5.18. The molecule has 82 valence electrons. The molecular formula is C12H12N2O2. The number of benzene rings is 1. The van der Waals surface area contributed by atoms with Crippen LogP contribution in [0.25, 0.3) is 10.9 Å². The van der Waals surface area contributed by atoms with Gasteiger partial charge in [-0.15, -0.1) is 0 Å². The van der Waals surface area contributed by atoms with Gasteiger partial charge in [0.2, 0.25) is 6.29 Å². The highest BCUT2D eigenvalue weighted by molar-refractivity contribution is 5.87. The summed E-state index contributed by atoms with van der Waals surface area (Å²) in [5, 5.41) is 1.02. The van der Waals surface area contributed by atoms with E-state index in [1.165, 1.54) is 0 Å². The van der Waals surface area contributed by atoms with Crippen molar-refractivity contribution in [2.45, 2.75) is 20.1 Å². The molecule has 0 radical (unpaired) electrons. The van der Waals surface area contributed by atoms with Gasteiger partial charge in [0.15, 0.2) is 11.5 Å². The number of nitrogen functional groups attached to an aromatic ring is 1. The normalized spacial score (nSPS) is 18.0. The lowest BCUT2D eigenvalue weighted by atomic mass is 10.1. The minimum absolute atomic E-state index is 0.233. The first kappa shape index (κ1) is 9.27. The number of nitrogens with two attached hydrogens (primary N) is 1. The number of hydrogen-bond donors (Lipinski definition) is 1. The van der Waals surface area contributed by atoms with E-state index in [1.54, 1.807) is 6.07 Å². The fraction of sp³-hybridized carbons (Fsp3) is 0.250. The molecule has 2 heterocycles. The molecule has 0 aliphatic carbocycles. The number of nitrogens with zero attached hydrogens (tertiary/aromatic N) is 1. The summed E-state index contributed by atoms with van der Waals surface area (Å²) >= 11 is 0. The zero-order valence-corrected chi connectivity index (χ0v) is 9.15. The molecule has 2 N–H and O–H groups in total. The molecule has 3 rings (SSSR count). The van der Waals surface area contributed by atoms with Gasteiger partial charge in [0.05, 0.1) is 5.52 Å². The Bertz CT molecular complexity index is 581. The molecular weight excluding hydrogens is 204 g/mol. The molecule has 0 saturated carbocycles. The maximum Gasteiger partial charge on any atom is 0.238 e. The van der Waals surface area contributed by atoms with Crippen LogP contribution >= 0.6 is 0 Å². The van der Waals surface area contributed by atoms with E-state index in [-0.39, 0.29) is 6.29 Å². The van der Waals surface area contributed by atoms with Crippen LogP contribution in [0.2, 0.25) is 0 Å². The van der Waals surface area contributed by atoms with Gasteiger partial charge in [-0.1, -0.05) is 0 Å². The van der Waals surface area contributed by atoms with Gasteiger partial charge in [-0.25, -0.2) is 4.98 Å². The minimum Gasteiger partial charge on any atom is -0.451 e. The first-order chi connectivity index (χ1) is 7.65. The molecule has 4 nitrogen and oxygen atoms in total. The van der Waals surface area contributed by atoms with Crippen molar-refractivity contribution in [2.75, 3.05) is 5.73 Å². The van der Waals surface area contributed by atoms with Crippen molar-refractivity contribution in [3.05, 3.63) is 23.8 Å². The second kappa shape index (κ2) is 3.01. The molecule has 1 atom stereocenters. The van der Waals surface area contributed by atoms with Gasteiger partial charge in [-0.2, -0.15) is 0 Å². The Kier molecular flexibility index (Phi) is 1.74. The van der Waals surface area contributed by atoms with Gasteiger partial charge in [-0.05, 0) is 25.1 Å². The van der Waals surface area contributed by atoms with Gasteiger partial charge in [-0.3, -0.25) is 0 Å². The summed E-state index contributed by atoms with van der Waals surface area (Å²) in [5.74, 6) is 2.07. The lowest BCUT2D eigenvalue weighted by Crippen LogP contribution is -2.11. The summed E-state index contributed by atoms with van der Waals surface area (Å²) < 4.78 is 11.1. The molecule has 1 aliphatic rings. The Morgan fingerprint density at radius 3 is 2.94 bits per heavy atom. The molecule has 0 saturated heterocycles. The highest BCUT2D eigenvalue weighted by atomic mass is 16.7. The van der Waals surface area contributed by atoms with E-state index >= 15 is 0 Å². The van der Waals surface area contributed by atoms with Crippen molar-refractivity contribution in [2.24, 2.45) is 0 Å². The Hall–Kier alpha value is -1.97. The van der Waals surface area contributed by atoms with Crippen molar-refractivity contribution in [1.82, 2.24) is 4.98 Å². The number of ether oxygens (including phenoxy) is 2. The van der Waals surface area contributed by atoms with E-state index in [2.05, 4.69) is 4.98 Å². The van der Waals surface area contributed by atoms with Crippen molar-refractivity contribution >= 4 is 16.7 Å². The van der Waals surface area contributed by atoms with Crippen molar-refractivity contribution in [1.29, 1.82) is 0 Å². The number of aryl methyl sites for hydroxylation is 1. The third-order valence-corrected chi connectivity index (χ3v) is 2.73. The predicted molar refractivity (Wildman–Crippen MR) is 61.6 cm³/mol. The van der Waals surface area contributed by atoms with Crippen LogP contribution in [0.3, 0.4) is 0 Å². The number of hydrogen-bond acceptors (Lipinski definition) is 4. The Morgan fingerprint density at radius 1 is 1.31 bits per heavy atom. The highest BCUT2D eigenvalue weighted by Crippen LogP contribution is 2.41. The first-order valence-electron chi connectivity index (χ1n) is 5.18. The fourth-order valence-corrected chi connectivity index (χ4v) is 2.00. The number of rotatable bonds is 0. The summed E-state index contributed by atoms with van der Waals surface area (Å²) in [4.78, 5) is 4.32. The zero-order valence-electron chi connectivity index (χ0n) is 9.15. The van der Waals surface area contributed by atoms with Crippen LogP contribution < -0.4 is 15.2 Å². The lowest BCUT2D eigenvalue weighted by molar-refractivity contribution is 0.0676. The molecule has 1 aromatic heterocycles. The third kappa shape index (κ3) is 1.19. The molecule has 0 spiro atoms. The lowest BCUT2D eigenvalue weighted by Gasteiger charge is -2.06. The van der Waals surface area contributed by atoms with Crippen LogP contribution in [0.15, 0.2) is 18.2 Å². The van der Waals surface area contributed by atoms with E-state index in [9.17, 15) is 0 Å². The smallest absolute Gasteiger partial charge is 0.238 e. The largest absolute Gasteiger partial charge is 0.451 e. The number of anilines is 1. The summed E-state index contributed by atoms with van der Waals surface area (Å²) in [6.07, 6.45) is -0.233. The van der Waals surface area contributed by atoms with Crippen LogP contribution in [0.4, 0.5) is 5.82 Å². The number of fused-ring (bicyclic) bond motifs is 2. The van der Waals surface area contributed by atoms with Gasteiger partial charge in [0.25, 0.3) is 0 Å². The monoisotopic (exact) mass is 216 g/mol. The summed E-state index contributed by atoms with van der Waals surface area (Å²) in [6, 6.07) is 5.66. The van der Waals surface area contributed by atoms with E-state index in [0.717, 1.165) is 28.0 Å². The molecule has 1 aliphatic heterocycles. The van der Waals surface area contributed by atoms with Crippen LogP contribution in [0, 0.1) is 6.92 Å². The predicted octanol–water partition coefficient (Wildman–Crippen LogP) is 2.24. The Labute approximate surface area is 93.0 Å². The molecule has 1 aromatic carbocycles. The Morgan fingerprint density at radius 2 is 2.12 bits per heavy atom. The topological polar surface area (TPSA) is 57.4 Å². The van der Waals surface area contributed by atoms with E-state index in [0.29, 0.717) is 5.82 Å². The summed E-state index contributed by atoms with van der Waals surface area (Å²) in [6.45, 7) is 3.83. The SMILES string of the molecule is Cc1c2c(cc3ccc(N)nc13)OC(C)O2. The van der Waals surface area contributed by atoms with Gasteiger partial charge in [0, 0.05) is 17.9 Å². The van der Waals surface area contributed by atoms with E-state index < -0.39 is 0 Å². The average molecular weight is 216 g/mol. The average Bonchev–Trinajstić information content (AvgIpc) is 2.61. The zero-order chi connectivity index (χ0) is 11.3. The molecule has 4 heteroatoms. The quantitative estimate of drug-likeness (QED) is 0.733. The molecule has 0 amide bonds. The van der Waals surface area contributed by atoms with E-state index in [1.807, 2.05) is 26.0 Å². The minimum atomic E-state index is -0.233. The highest BCUT2D eigenvalue weighted by Gasteiger charge is 2.24.